The van der Waals surface area contributed by atoms with Gasteiger partial charge < -0.3 is 20.1 Å². The maximum absolute atomic E-state index is 12.5. The summed E-state index contributed by atoms with van der Waals surface area (Å²) < 4.78 is 10.4. The van der Waals surface area contributed by atoms with E-state index in [0.29, 0.717) is 34.0 Å². The number of ether oxygens (including phenoxy) is 2. The van der Waals surface area contributed by atoms with E-state index in [4.69, 9.17) is 9.47 Å². The van der Waals surface area contributed by atoms with Crippen LogP contribution in [0.2, 0.25) is 0 Å². The lowest BCUT2D eigenvalue weighted by molar-refractivity contribution is 0.101. The van der Waals surface area contributed by atoms with Crippen molar-refractivity contribution in [1.29, 1.82) is 0 Å². The Hall–Kier alpha value is -3.80. The molecule has 2 amide bonds. The zero-order valence-electron chi connectivity index (χ0n) is 15.6. The topological polar surface area (TPSA) is 76.7 Å². The zero-order valence-corrected chi connectivity index (χ0v) is 15.6. The van der Waals surface area contributed by atoms with Crippen molar-refractivity contribution in [2.24, 2.45) is 0 Å². The maximum Gasteiger partial charge on any atom is 0.255 e. The zero-order chi connectivity index (χ0) is 19.9. The Kier molecular flexibility index (Phi) is 5.91. The Morgan fingerprint density at radius 2 is 1.32 bits per heavy atom. The van der Waals surface area contributed by atoms with E-state index in [1.165, 1.54) is 7.11 Å². The highest BCUT2D eigenvalue weighted by atomic mass is 16.5. The normalized spacial score (nSPS) is 10.1. The number of carbonyl (C=O) groups is 2. The number of benzene rings is 3. The number of methoxy groups -OCH3 is 2. The third-order valence-electron chi connectivity index (χ3n) is 4.10. The second-order valence-electron chi connectivity index (χ2n) is 5.92. The lowest BCUT2D eigenvalue weighted by Gasteiger charge is -2.12. The monoisotopic (exact) mass is 376 g/mol. The van der Waals surface area contributed by atoms with Crippen molar-refractivity contribution in [2.75, 3.05) is 24.9 Å². The van der Waals surface area contributed by atoms with Crippen molar-refractivity contribution in [3.8, 4) is 11.5 Å². The molecule has 0 aliphatic rings. The third-order valence-corrected chi connectivity index (χ3v) is 4.10. The second-order valence-corrected chi connectivity index (χ2v) is 5.92. The predicted octanol–water partition coefficient (Wildman–Crippen LogP) is 4.21. The molecule has 0 saturated carbocycles. The molecule has 6 nitrogen and oxygen atoms in total. The molecule has 0 bridgehead atoms. The smallest absolute Gasteiger partial charge is 0.255 e. The van der Waals surface area contributed by atoms with Gasteiger partial charge in [-0.15, -0.1) is 0 Å². The van der Waals surface area contributed by atoms with Crippen LogP contribution in [-0.2, 0) is 0 Å². The predicted molar refractivity (Wildman–Crippen MR) is 108 cm³/mol. The Morgan fingerprint density at radius 3 is 1.89 bits per heavy atom. The van der Waals surface area contributed by atoms with Crippen LogP contribution in [0.1, 0.15) is 20.7 Å². The number of para-hydroxylation sites is 1. The molecular weight excluding hydrogens is 356 g/mol. The van der Waals surface area contributed by atoms with Gasteiger partial charge >= 0.3 is 0 Å². The molecule has 0 atom stereocenters. The first-order valence-electron chi connectivity index (χ1n) is 8.60. The van der Waals surface area contributed by atoms with Gasteiger partial charge in [-0.2, -0.15) is 0 Å². The number of anilines is 2. The molecule has 3 rings (SSSR count). The molecule has 0 heterocycles. The summed E-state index contributed by atoms with van der Waals surface area (Å²) in [4.78, 5) is 24.8. The molecule has 0 fully saturated rings. The van der Waals surface area contributed by atoms with Gasteiger partial charge in [0.2, 0.25) is 0 Å². The van der Waals surface area contributed by atoms with E-state index in [1.54, 1.807) is 49.6 Å². The Labute approximate surface area is 163 Å². The molecule has 3 aromatic carbocycles. The summed E-state index contributed by atoms with van der Waals surface area (Å²) in [5.74, 6) is 0.573. The molecular formula is C22H20N2O4. The summed E-state index contributed by atoms with van der Waals surface area (Å²) in [6.07, 6.45) is 0. The summed E-state index contributed by atoms with van der Waals surface area (Å²) in [6.45, 7) is 0. The van der Waals surface area contributed by atoms with E-state index in [9.17, 15) is 9.59 Å². The molecule has 142 valence electrons. The van der Waals surface area contributed by atoms with E-state index in [0.717, 1.165) is 0 Å². The van der Waals surface area contributed by atoms with Crippen LogP contribution < -0.4 is 20.1 Å². The first kappa shape index (κ1) is 19.0. The summed E-state index contributed by atoms with van der Waals surface area (Å²) in [5.41, 5.74) is 2.12. The minimum Gasteiger partial charge on any atom is -0.497 e. The lowest BCUT2D eigenvalue weighted by atomic mass is 10.1. The van der Waals surface area contributed by atoms with Crippen LogP contribution in [0.15, 0.2) is 72.8 Å². The van der Waals surface area contributed by atoms with Crippen molar-refractivity contribution >= 4 is 23.2 Å². The van der Waals surface area contributed by atoms with E-state index >= 15 is 0 Å². The number of nitrogens with one attached hydrogen (secondary N) is 2. The molecule has 0 radical (unpaired) electrons. The number of carbonyl (C=O) groups excluding carboxylic acids is 2. The Bertz CT molecular complexity index is 970. The second kappa shape index (κ2) is 8.73. The SMILES string of the molecule is COc1ccc(NC(=O)c2ccc(C(=O)Nc3ccccc3)cc2)c(OC)c1. The van der Waals surface area contributed by atoms with Gasteiger partial charge in [-0.25, -0.2) is 0 Å². The lowest BCUT2D eigenvalue weighted by Crippen LogP contribution is -2.14. The fourth-order valence-electron chi connectivity index (χ4n) is 2.59. The molecule has 3 aromatic rings. The van der Waals surface area contributed by atoms with Gasteiger partial charge in [0.25, 0.3) is 11.8 Å². The van der Waals surface area contributed by atoms with Gasteiger partial charge in [-0.05, 0) is 48.5 Å². The average Bonchev–Trinajstić information content (AvgIpc) is 2.74. The summed E-state index contributed by atoms with van der Waals surface area (Å²) in [5, 5.41) is 5.60. The highest BCUT2D eigenvalue weighted by Gasteiger charge is 2.12. The van der Waals surface area contributed by atoms with E-state index < -0.39 is 0 Å². The van der Waals surface area contributed by atoms with Crippen LogP contribution in [0.4, 0.5) is 11.4 Å². The first-order valence-corrected chi connectivity index (χ1v) is 8.60. The fourth-order valence-corrected chi connectivity index (χ4v) is 2.59. The minimum absolute atomic E-state index is 0.241. The van der Waals surface area contributed by atoms with Crippen LogP contribution in [0, 0.1) is 0 Å². The van der Waals surface area contributed by atoms with Gasteiger partial charge in [0.1, 0.15) is 11.5 Å². The molecule has 0 saturated heterocycles. The number of hydrogen-bond donors (Lipinski definition) is 2. The largest absolute Gasteiger partial charge is 0.497 e. The average molecular weight is 376 g/mol. The standard InChI is InChI=1S/C22H20N2O4/c1-27-18-12-13-19(20(14-18)28-2)24-22(26)16-10-8-15(9-11-16)21(25)23-17-6-4-3-5-7-17/h3-14H,1-2H3,(H,23,25)(H,24,26). The van der Waals surface area contributed by atoms with Crippen LogP contribution >= 0.6 is 0 Å². The quantitative estimate of drug-likeness (QED) is 0.676. The summed E-state index contributed by atoms with van der Waals surface area (Å²) in [6, 6.07) is 20.7. The fraction of sp³-hybridized carbons (Fsp3) is 0.0909. The van der Waals surface area contributed by atoms with Gasteiger partial charge in [-0.1, -0.05) is 18.2 Å². The van der Waals surface area contributed by atoms with Crippen molar-refractivity contribution in [3.63, 3.8) is 0 Å². The van der Waals surface area contributed by atoms with Crippen LogP contribution in [0.5, 0.6) is 11.5 Å². The molecule has 2 N–H and O–H groups in total. The Balaban J connectivity index is 1.69. The van der Waals surface area contributed by atoms with Crippen LogP contribution in [-0.4, -0.2) is 26.0 Å². The Morgan fingerprint density at radius 1 is 0.714 bits per heavy atom. The molecule has 0 unspecified atom stereocenters. The van der Waals surface area contributed by atoms with Crippen molar-refractivity contribution < 1.29 is 19.1 Å². The van der Waals surface area contributed by atoms with Crippen molar-refractivity contribution in [1.82, 2.24) is 0 Å². The minimum atomic E-state index is -0.307. The summed E-state index contributed by atoms with van der Waals surface area (Å²) in [7, 11) is 3.08. The van der Waals surface area contributed by atoms with Crippen molar-refractivity contribution in [2.45, 2.75) is 0 Å². The van der Waals surface area contributed by atoms with Crippen molar-refractivity contribution in [3.05, 3.63) is 83.9 Å². The molecule has 6 heteroatoms. The van der Waals surface area contributed by atoms with E-state index in [1.807, 2.05) is 30.3 Å². The molecule has 0 aromatic heterocycles. The van der Waals surface area contributed by atoms with Gasteiger partial charge in [0.15, 0.2) is 0 Å². The number of rotatable bonds is 6. The van der Waals surface area contributed by atoms with Crippen LogP contribution in [0.25, 0.3) is 0 Å². The van der Waals surface area contributed by atoms with Gasteiger partial charge in [-0.3, -0.25) is 9.59 Å². The first-order chi connectivity index (χ1) is 13.6. The highest BCUT2D eigenvalue weighted by molar-refractivity contribution is 6.07. The third kappa shape index (κ3) is 4.48. The van der Waals surface area contributed by atoms with Crippen LogP contribution in [0.3, 0.4) is 0 Å². The van der Waals surface area contributed by atoms with Gasteiger partial charge in [0.05, 0.1) is 19.9 Å². The molecule has 0 aliphatic heterocycles. The summed E-state index contributed by atoms with van der Waals surface area (Å²) >= 11 is 0. The van der Waals surface area contributed by atoms with E-state index in [2.05, 4.69) is 10.6 Å². The van der Waals surface area contributed by atoms with Gasteiger partial charge in [0, 0.05) is 22.9 Å². The maximum atomic E-state index is 12.5. The van der Waals surface area contributed by atoms with E-state index in [-0.39, 0.29) is 11.8 Å². The molecule has 0 aliphatic carbocycles. The molecule has 0 spiro atoms. The molecule has 28 heavy (non-hydrogen) atoms. The number of hydrogen-bond acceptors (Lipinski definition) is 4. The number of amides is 2. The highest BCUT2D eigenvalue weighted by Crippen LogP contribution is 2.29.